The van der Waals surface area contributed by atoms with Crippen LogP contribution in [0.2, 0.25) is 0 Å². The molecular formula is C18H26N2O5. The van der Waals surface area contributed by atoms with Crippen LogP contribution in [0, 0.1) is 0 Å². The first-order valence-electron chi connectivity index (χ1n) is 8.24. The molecule has 0 aliphatic heterocycles. The summed E-state index contributed by atoms with van der Waals surface area (Å²) >= 11 is 0. The molecule has 138 valence electrons. The van der Waals surface area contributed by atoms with Crippen LogP contribution in [0.15, 0.2) is 30.3 Å². The summed E-state index contributed by atoms with van der Waals surface area (Å²) < 4.78 is 5.06. The van der Waals surface area contributed by atoms with Gasteiger partial charge in [0.15, 0.2) is 0 Å². The predicted molar refractivity (Wildman–Crippen MR) is 93.4 cm³/mol. The van der Waals surface area contributed by atoms with E-state index < -0.39 is 23.7 Å². The van der Waals surface area contributed by atoms with Crippen molar-refractivity contribution in [1.29, 1.82) is 0 Å². The van der Waals surface area contributed by atoms with E-state index in [0.717, 1.165) is 0 Å². The van der Waals surface area contributed by atoms with Gasteiger partial charge in [-0.05, 0) is 52.2 Å². The first kappa shape index (κ1) is 20.5. The summed E-state index contributed by atoms with van der Waals surface area (Å²) in [5.41, 5.74) is -0.105. The van der Waals surface area contributed by atoms with Crippen molar-refractivity contribution >= 4 is 18.0 Å². The smallest absolute Gasteiger partial charge is 0.408 e. The highest BCUT2D eigenvalue weighted by Crippen LogP contribution is 2.08. The summed E-state index contributed by atoms with van der Waals surface area (Å²) in [6.45, 7) is 5.56. The highest BCUT2D eigenvalue weighted by Gasteiger charge is 2.23. The first-order valence-corrected chi connectivity index (χ1v) is 8.24. The Kier molecular flexibility index (Phi) is 7.91. The van der Waals surface area contributed by atoms with Crippen LogP contribution in [0.25, 0.3) is 0 Å². The molecule has 1 aromatic rings. The van der Waals surface area contributed by atoms with Crippen molar-refractivity contribution in [3.8, 4) is 0 Å². The number of nitrogens with one attached hydrogen (secondary N) is 2. The van der Waals surface area contributed by atoms with Crippen molar-refractivity contribution in [1.82, 2.24) is 10.6 Å². The fourth-order valence-corrected chi connectivity index (χ4v) is 2.07. The van der Waals surface area contributed by atoms with Crippen molar-refractivity contribution < 1.29 is 24.2 Å². The maximum atomic E-state index is 11.8. The third kappa shape index (κ3) is 8.74. The summed E-state index contributed by atoms with van der Waals surface area (Å²) in [6.07, 6.45) is 0.660. The number of ether oxygens (including phenoxy) is 1. The fraction of sp³-hybridized carbons (Fsp3) is 0.500. The number of amides is 2. The first-order chi connectivity index (χ1) is 11.7. The molecule has 0 spiro atoms. The highest BCUT2D eigenvalue weighted by atomic mass is 16.6. The lowest BCUT2D eigenvalue weighted by atomic mass is 10.1. The number of benzene rings is 1. The summed E-state index contributed by atoms with van der Waals surface area (Å²) in [5, 5.41) is 14.3. The summed E-state index contributed by atoms with van der Waals surface area (Å²) in [5.74, 6) is -1.28. The SMILES string of the molecule is CC(C)(C)OC(=O)N[C@@H](CCCCNC(=O)c1ccccc1)C(=O)O. The minimum absolute atomic E-state index is 0.165. The van der Waals surface area contributed by atoms with Crippen LogP contribution in [0.1, 0.15) is 50.4 Å². The van der Waals surface area contributed by atoms with Crippen LogP contribution in [0.4, 0.5) is 4.79 Å². The van der Waals surface area contributed by atoms with E-state index in [2.05, 4.69) is 10.6 Å². The molecule has 0 heterocycles. The molecule has 0 aromatic heterocycles. The average Bonchev–Trinajstić information content (AvgIpc) is 2.52. The number of carbonyl (C=O) groups excluding carboxylic acids is 2. The molecule has 0 saturated heterocycles. The zero-order chi connectivity index (χ0) is 18.9. The van der Waals surface area contributed by atoms with Gasteiger partial charge < -0.3 is 20.5 Å². The molecule has 0 radical (unpaired) electrons. The van der Waals surface area contributed by atoms with Crippen molar-refractivity contribution in [2.45, 2.75) is 51.7 Å². The standard InChI is InChI=1S/C18H26N2O5/c1-18(2,3)25-17(24)20-14(16(22)23)11-7-8-12-19-15(21)13-9-5-4-6-10-13/h4-6,9-10,14H,7-8,11-12H2,1-3H3,(H,19,21)(H,20,24)(H,22,23)/t14-/m0/s1. The predicted octanol–water partition coefficient (Wildman–Crippen LogP) is 2.56. The van der Waals surface area contributed by atoms with E-state index in [9.17, 15) is 19.5 Å². The zero-order valence-corrected chi connectivity index (χ0v) is 14.9. The highest BCUT2D eigenvalue weighted by molar-refractivity contribution is 5.94. The average molecular weight is 350 g/mol. The third-order valence-corrected chi connectivity index (χ3v) is 3.23. The molecule has 7 nitrogen and oxygen atoms in total. The van der Waals surface area contributed by atoms with Gasteiger partial charge in [0.2, 0.25) is 0 Å². The van der Waals surface area contributed by atoms with E-state index in [1.54, 1.807) is 45.0 Å². The number of unbranched alkanes of at least 4 members (excludes halogenated alkanes) is 1. The lowest BCUT2D eigenvalue weighted by Crippen LogP contribution is -2.43. The van der Waals surface area contributed by atoms with Gasteiger partial charge in [0.05, 0.1) is 0 Å². The Bertz CT molecular complexity index is 581. The van der Waals surface area contributed by atoms with Gasteiger partial charge >= 0.3 is 12.1 Å². The Morgan fingerprint density at radius 3 is 2.32 bits per heavy atom. The Morgan fingerprint density at radius 1 is 1.12 bits per heavy atom. The van der Waals surface area contributed by atoms with Gasteiger partial charge in [-0.15, -0.1) is 0 Å². The van der Waals surface area contributed by atoms with E-state index in [0.29, 0.717) is 24.9 Å². The van der Waals surface area contributed by atoms with Crippen molar-refractivity contribution in [3.05, 3.63) is 35.9 Å². The van der Waals surface area contributed by atoms with Crippen LogP contribution < -0.4 is 10.6 Å². The molecule has 0 unspecified atom stereocenters. The lowest BCUT2D eigenvalue weighted by molar-refractivity contribution is -0.139. The Morgan fingerprint density at radius 2 is 1.76 bits per heavy atom. The van der Waals surface area contributed by atoms with Gasteiger partial charge in [0, 0.05) is 12.1 Å². The van der Waals surface area contributed by atoms with E-state index in [-0.39, 0.29) is 12.3 Å². The van der Waals surface area contributed by atoms with E-state index in [4.69, 9.17) is 4.74 Å². The van der Waals surface area contributed by atoms with Crippen LogP contribution in [0.5, 0.6) is 0 Å². The number of hydrogen-bond donors (Lipinski definition) is 3. The molecule has 25 heavy (non-hydrogen) atoms. The number of carbonyl (C=O) groups is 3. The molecule has 2 amide bonds. The van der Waals surface area contributed by atoms with Gasteiger partial charge in [-0.25, -0.2) is 9.59 Å². The largest absolute Gasteiger partial charge is 0.480 e. The maximum Gasteiger partial charge on any atom is 0.408 e. The van der Waals surface area contributed by atoms with Gasteiger partial charge in [0.25, 0.3) is 5.91 Å². The summed E-state index contributed by atoms with van der Waals surface area (Å²) in [7, 11) is 0. The van der Waals surface area contributed by atoms with Crippen molar-refractivity contribution in [2.24, 2.45) is 0 Å². The second-order valence-corrected chi connectivity index (χ2v) is 6.65. The topological polar surface area (TPSA) is 105 Å². The van der Waals surface area contributed by atoms with Crippen molar-refractivity contribution in [2.75, 3.05) is 6.54 Å². The minimum atomic E-state index is -1.11. The fourth-order valence-electron chi connectivity index (χ4n) is 2.07. The number of alkyl carbamates (subject to hydrolysis) is 1. The number of hydrogen-bond acceptors (Lipinski definition) is 4. The molecule has 1 rings (SSSR count). The second kappa shape index (κ2) is 9.66. The Balaban J connectivity index is 2.30. The monoisotopic (exact) mass is 350 g/mol. The molecule has 0 aliphatic carbocycles. The van der Waals surface area contributed by atoms with Gasteiger partial charge in [-0.2, -0.15) is 0 Å². The van der Waals surface area contributed by atoms with Gasteiger partial charge in [-0.1, -0.05) is 18.2 Å². The summed E-state index contributed by atoms with van der Waals surface area (Å²) in [6, 6.07) is 7.84. The number of carboxylic acids is 1. The number of aliphatic carboxylic acids is 1. The molecule has 3 N–H and O–H groups in total. The molecule has 1 aromatic carbocycles. The Hall–Kier alpha value is -2.57. The number of rotatable bonds is 8. The lowest BCUT2D eigenvalue weighted by Gasteiger charge is -2.22. The molecule has 0 aliphatic rings. The maximum absolute atomic E-state index is 11.8. The quantitative estimate of drug-likeness (QED) is 0.625. The van der Waals surface area contributed by atoms with Crippen molar-refractivity contribution in [3.63, 3.8) is 0 Å². The van der Waals surface area contributed by atoms with Crippen LogP contribution in [0.3, 0.4) is 0 Å². The minimum Gasteiger partial charge on any atom is -0.480 e. The van der Waals surface area contributed by atoms with Gasteiger partial charge in [-0.3, -0.25) is 4.79 Å². The third-order valence-electron chi connectivity index (χ3n) is 3.23. The second-order valence-electron chi connectivity index (χ2n) is 6.65. The van der Waals surface area contributed by atoms with Crippen LogP contribution in [-0.4, -0.2) is 41.3 Å². The molecule has 0 fully saturated rings. The van der Waals surface area contributed by atoms with Crippen LogP contribution in [-0.2, 0) is 9.53 Å². The molecule has 0 saturated carbocycles. The molecular weight excluding hydrogens is 324 g/mol. The summed E-state index contributed by atoms with van der Waals surface area (Å²) in [4.78, 5) is 34.7. The van der Waals surface area contributed by atoms with Gasteiger partial charge in [0.1, 0.15) is 11.6 Å². The molecule has 1 atom stereocenters. The molecule has 7 heteroatoms. The molecule has 0 bridgehead atoms. The number of carboxylic acid groups (broad SMARTS) is 1. The van der Waals surface area contributed by atoms with E-state index >= 15 is 0 Å². The van der Waals surface area contributed by atoms with E-state index in [1.165, 1.54) is 0 Å². The Labute approximate surface area is 147 Å². The zero-order valence-electron chi connectivity index (χ0n) is 14.9. The van der Waals surface area contributed by atoms with Crippen LogP contribution >= 0.6 is 0 Å². The normalized spacial score (nSPS) is 12.1. The van der Waals surface area contributed by atoms with E-state index in [1.807, 2.05) is 6.07 Å².